The van der Waals surface area contributed by atoms with E-state index in [1.807, 2.05) is 0 Å². The third-order valence-corrected chi connectivity index (χ3v) is 1.99. The van der Waals surface area contributed by atoms with Gasteiger partial charge in [-0.3, -0.25) is 4.79 Å². The summed E-state index contributed by atoms with van der Waals surface area (Å²) in [4.78, 5) is 10.6. The van der Waals surface area contributed by atoms with Crippen LogP contribution in [0.15, 0.2) is 6.07 Å². The highest BCUT2D eigenvalue weighted by Gasteiger charge is 2.10. The first-order chi connectivity index (χ1) is 4.61. The Bertz CT molecular complexity index is 247. The van der Waals surface area contributed by atoms with Gasteiger partial charge in [-0.15, -0.1) is 0 Å². The standard InChI is InChI=1S/C6H4F2OS/c1-3(9)5-2-4(7)6(8)10-5/h2H,1H3. The summed E-state index contributed by atoms with van der Waals surface area (Å²) in [6, 6.07) is 0.905. The van der Waals surface area contributed by atoms with E-state index < -0.39 is 10.9 Å². The lowest BCUT2D eigenvalue weighted by Crippen LogP contribution is -1.83. The van der Waals surface area contributed by atoms with Gasteiger partial charge in [-0.25, -0.2) is 4.39 Å². The van der Waals surface area contributed by atoms with E-state index in [0.717, 1.165) is 6.07 Å². The maximum atomic E-state index is 12.2. The summed E-state index contributed by atoms with van der Waals surface area (Å²) in [5.74, 6) is -1.26. The molecule has 4 heteroatoms. The number of hydrogen-bond donors (Lipinski definition) is 0. The maximum Gasteiger partial charge on any atom is 0.212 e. The van der Waals surface area contributed by atoms with Gasteiger partial charge < -0.3 is 0 Å². The van der Waals surface area contributed by atoms with Gasteiger partial charge in [-0.1, -0.05) is 11.3 Å². The molecule has 0 aromatic carbocycles. The number of thiophene rings is 1. The van der Waals surface area contributed by atoms with Crippen molar-refractivity contribution in [3.05, 3.63) is 21.9 Å². The predicted octanol–water partition coefficient (Wildman–Crippen LogP) is 2.23. The molecule has 0 aliphatic rings. The smallest absolute Gasteiger partial charge is 0.212 e. The first kappa shape index (κ1) is 7.34. The maximum absolute atomic E-state index is 12.2. The molecule has 10 heavy (non-hydrogen) atoms. The van der Waals surface area contributed by atoms with E-state index in [1.54, 1.807) is 0 Å². The molecule has 0 atom stereocenters. The Morgan fingerprint density at radius 1 is 1.60 bits per heavy atom. The minimum Gasteiger partial charge on any atom is -0.294 e. The topological polar surface area (TPSA) is 17.1 Å². The van der Waals surface area contributed by atoms with Gasteiger partial charge in [0.1, 0.15) is 0 Å². The van der Waals surface area contributed by atoms with Crippen molar-refractivity contribution in [3.8, 4) is 0 Å². The third kappa shape index (κ3) is 1.21. The van der Waals surface area contributed by atoms with Gasteiger partial charge in [-0.05, 0) is 13.0 Å². The van der Waals surface area contributed by atoms with E-state index >= 15 is 0 Å². The molecule has 1 rings (SSSR count). The molecular weight excluding hydrogens is 158 g/mol. The molecule has 1 heterocycles. The molecule has 0 amide bonds. The first-order valence-corrected chi connectivity index (χ1v) is 3.38. The number of Topliss-reactive ketones (excluding diaryl/α,β-unsaturated/α-hetero) is 1. The molecular formula is C6H4F2OS. The van der Waals surface area contributed by atoms with Crippen LogP contribution in [0.3, 0.4) is 0 Å². The van der Waals surface area contributed by atoms with Crippen LogP contribution in [0.25, 0.3) is 0 Å². The molecule has 0 saturated heterocycles. The molecule has 1 nitrogen and oxygen atoms in total. The van der Waals surface area contributed by atoms with E-state index in [1.165, 1.54) is 6.92 Å². The Morgan fingerprint density at radius 2 is 2.20 bits per heavy atom. The zero-order valence-corrected chi connectivity index (χ0v) is 5.97. The number of hydrogen-bond acceptors (Lipinski definition) is 2. The van der Waals surface area contributed by atoms with Crippen LogP contribution in [0.1, 0.15) is 16.6 Å². The fourth-order valence-electron chi connectivity index (χ4n) is 0.520. The highest BCUT2D eigenvalue weighted by Crippen LogP contribution is 2.18. The van der Waals surface area contributed by atoms with Crippen LogP contribution >= 0.6 is 11.3 Å². The summed E-state index contributed by atoms with van der Waals surface area (Å²) in [7, 11) is 0. The molecule has 0 fully saturated rings. The first-order valence-electron chi connectivity index (χ1n) is 2.57. The van der Waals surface area contributed by atoms with Crippen molar-refractivity contribution in [2.24, 2.45) is 0 Å². The van der Waals surface area contributed by atoms with Crippen LogP contribution < -0.4 is 0 Å². The lowest BCUT2D eigenvalue weighted by Gasteiger charge is -1.79. The molecule has 0 aliphatic carbocycles. The van der Waals surface area contributed by atoms with Crippen molar-refractivity contribution in [2.45, 2.75) is 6.92 Å². The van der Waals surface area contributed by atoms with E-state index in [4.69, 9.17) is 0 Å². The van der Waals surface area contributed by atoms with Crippen LogP contribution in [0.5, 0.6) is 0 Å². The average Bonchev–Trinajstić information content (AvgIpc) is 2.13. The van der Waals surface area contributed by atoms with Crippen molar-refractivity contribution in [1.29, 1.82) is 0 Å². The minimum absolute atomic E-state index is 0.120. The fourth-order valence-corrected chi connectivity index (χ4v) is 1.18. The number of halogens is 2. The van der Waals surface area contributed by atoms with Crippen LogP contribution in [0, 0.1) is 10.9 Å². The molecule has 0 spiro atoms. The SMILES string of the molecule is CC(=O)c1cc(F)c(F)s1. The highest BCUT2D eigenvalue weighted by atomic mass is 32.1. The van der Waals surface area contributed by atoms with E-state index in [-0.39, 0.29) is 10.7 Å². The van der Waals surface area contributed by atoms with Crippen molar-refractivity contribution in [1.82, 2.24) is 0 Å². The molecule has 0 saturated carbocycles. The van der Waals surface area contributed by atoms with E-state index in [2.05, 4.69) is 0 Å². The third-order valence-electron chi connectivity index (χ3n) is 0.992. The van der Waals surface area contributed by atoms with Gasteiger partial charge >= 0.3 is 0 Å². The van der Waals surface area contributed by atoms with Gasteiger partial charge in [-0.2, -0.15) is 4.39 Å². The van der Waals surface area contributed by atoms with Crippen LogP contribution in [0.2, 0.25) is 0 Å². The Balaban J connectivity index is 3.10. The Kier molecular flexibility index (Phi) is 1.80. The normalized spacial score (nSPS) is 9.90. The molecule has 0 bridgehead atoms. The number of carbonyl (C=O) groups is 1. The molecule has 0 radical (unpaired) electrons. The predicted molar refractivity (Wildman–Crippen MR) is 34.2 cm³/mol. The van der Waals surface area contributed by atoms with Crippen molar-refractivity contribution < 1.29 is 13.6 Å². The largest absolute Gasteiger partial charge is 0.294 e. The highest BCUT2D eigenvalue weighted by molar-refractivity contribution is 7.12. The monoisotopic (exact) mass is 162 g/mol. The second-order valence-corrected chi connectivity index (χ2v) is 2.79. The lowest BCUT2D eigenvalue weighted by molar-refractivity contribution is 0.102. The van der Waals surface area contributed by atoms with Gasteiger partial charge in [0.15, 0.2) is 11.6 Å². The molecule has 1 aromatic rings. The molecule has 54 valence electrons. The zero-order valence-electron chi connectivity index (χ0n) is 5.15. The number of rotatable bonds is 1. The average molecular weight is 162 g/mol. The second-order valence-electron chi connectivity index (χ2n) is 1.79. The fraction of sp³-hybridized carbons (Fsp3) is 0.167. The summed E-state index contributed by atoms with van der Waals surface area (Å²) in [6.07, 6.45) is 0. The summed E-state index contributed by atoms with van der Waals surface area (Å²) >= 11 is 0.531. The van der Waals surface area contributed by atoms with Crippen molar-refractivity contribution in [3.63, 3.8) is 0 Å². The molecule has 0 unspecified atom stereocenters. The van der Waals surface area contributed by atoms with Gasteiger partial charge in [0.25, 0.3) is 0 Å². The Hall–Kier alpha value is -0.770. The quantitative estimate of drug-likeness (QED) is 0.579. The van der Waals surface area contributed by atoms with E-state index in [9.17, 15) is 13.6 Å². The van der Waals surface area contributed by atoms with Crippen LogP contribution in [-0.4, -0.2) is 5.78 Å². The van der Waals surface area contributed by atoms with Gasteiger partial charge in [0, 0.05) is 0 Å². The minimum atomic E-state index is -0.949. The summed E-state index contributed by atoms with van der Waals surface area (Å²) in [5, 5.41) is -0.926. The van der Waals surface area contributed by atoms with Crippen LogP contribution in [0.4, 0.5) is 8.78 Å². The second kappa shape index (κ2) is 2.46. The summed E-state index contributed by atoms with van der Waals surface area (Å²) in [5.41, 5.74) is 0. The van der Waals surface area contributed by atoms with E-state index in [0.29, 0.717) is 11.3 Å². The van der Waals surface area contributed by atoms with Crippen LogP contribution in [-0.2, 0) is 0 Å². The molecule has 0 N–H and O–H groups in total. The van der Waals surface area contributed by atoms with Crippen molar-refractivity contribution in [2.75, 3.05) is 0 Å². The molecule has 1 aromatic heterocycles. The Morgan fingerprint density at radius 3 is 2.40 bits per heavy atom. The summed E-state index contributed by atoms with van der Waals surface area (Å²) in [6.45, 7) is 1.27. The lowest BCUT2D eigenvalue weighted by atomic mass is 10.3. The summed E-state index contributed by atoms with van der Waals surface area (Å²) < 4.78 is 24.4. The van der Waals surface area contributed by atoms with Crippen molar-refractivity contribution >= 4 is 17.1 Å². The zero-order chi connectivity index (χ0) is 7.72. The number of ketones is 1. The van der Waals surface area contributed by atoms with Gasteiger partial charge in [0.05, 0.1) is 4.88 Å². The molecule has 0 aliphatic heterocycles. The van der Waals surface area contributed by atoms with Gasteiger partial charge in [0.2, 0.25) is 5.13 Å². The number of carbonyl (C=O) groups excluding carboxylic acids is 1. The Labute approximate surface area is 60.3 Å².